The number of nitrogens with zero attached hydrogens (tertiary/aromatic N) is 2. The van der Waals surface area contributed by atoms with Crippen molar-refractivity contribution < 1.29 is 4.79 Å². The molecule has 0 aliphatic carbocycles. The zero-order valence-electron chi connectivity index (χ0n) is 11.3. The number of nitrogens with one attached hydrogen (secondary N) is 2. The SMILES string of the molecule is Cc1ccc([C@@H]2c3n[nH]c(C)c3NC(=O)[C@@H]2C#N)cc1. The second-order valence-electron chi connectivity index (χ2n) is 5.09. The molecule has 0 saturated heterocycles. The van der Waals surface area contributed by atoms with E-state index in [1.807, 2.05) is 38.1 Å². The lowest BCUT2D eigenvalue weighted by Crippen LogP contribution is -2.33. The predicted octanol–water partition coefficient (Wildman–Crippen LogP) is 2.25. The predicted molar refractivity (Wildman–Crippen MR) is 74.1 cm³/mol. The molecule has 0 radical (unpaired) electrons. The lowest BCUT2D eigenvalue weighted by molar-refractivity contribution is -0.119. The summed E-state index contributed by atoms with van der Waals surface area (Å²) in [6.45, 7) is 3.86. The zero-order valence-corrected chi connectivity index (χ0v) is 11.3. The molecule has 0 saturated carbocycles. The third-order valence-electron chi connectivity index (χ3n) is 3.71. The van der Waals surface area contributed by atoms with Crippen LogP contribution in [0.15, 0.2) is 24.3 Å². The van der Waals surface area contributed by atoms with Crippen LogP contribution in [0.2, 0.25) is 0 Å². The number of aryl methyl sites for hydroxylation is 2. The fourth-order valence-corrected chi connectivity index (χ4v) is 2.60. The average molecular weight is 266 g/mol. The first-order valence-corrected chi connectivity index (χ1v) is 6.43. The lowest BCUT2D eigenvalue weighted by atomic mass is 9.80. The van der Waals surface area contributed by atoms with Crippen LogP contribution < -0.4 is 5.32 Å². The van der Waals surface area contributed by atoms with Crippen LogP contribution in [0.25, 0.3) is 0 Å². The first kappa shape index (κ1) is 12.4. The smallest absolute Gasteiger partial charge is 0.242 e. The second-order valence-corrected chi connectivity index (χ2v) is 5.09. The number of anilines is 1. The summed E-state index contributed by atoms with van der Waals surface area (Å²) in [4.78, 5) is 12.1. The molecule has 0 fully saturated rings. The number of H-pyrrole nitrogens is 1. The van der Waals surface area contributed by atoms with E-state index in [9.17, 15) is 10.1 Å². The minimum absolute atomic E-state index is 0.268. The van der Waals surface area contributed by atoms with E-state index in [1.165, 1.54) is 0 Å². The number of amides is 1. The molecule has 0 unspecified atom stereocenters. The van der Waals surface area contributed by atoms with Gasteiger partial charge in [0.25, 0.3) is 0 Å². The van der Waals surface area contributed by atoms with Gasteiger partial charge >= 0.3 is 0 Å². The zero-order chi connectivity index (χ0) is 14.3. The molecule has 1 amide bonds. The van der Waals surface area contributed by atoms with Gasteiger partial charge < -0.3 is 5.32 Å². The Balaban J connectivity index is 2.17. The maximum atomic E-state index is 12.1. The minimum atomic E-state index is -0.757. The van der Waals surface area contributed by atoms with Crippen molar-refractivity contribution in [2.24, 2.45) is 5.92 Å². The van der Waals surface area contributed by atoms with Gasteiger partial charge in [-0.05, 0) is 19.4 Å². The molecule has 2 aromatic rings. The maximum Gasteiger partial charge on any atom is 0.242 e. The van der Waals surface area contributed by atoms with Gasteiger partial charge in [0.15, 0.2) is 0 Å². The van der Waals surface area contributed by atoms with Crippen LogP contribution in [0.3, 0.4) is 0 Å². The number of aromatic nitrogens is 2. The molecule has 1 aromatic carbocycles. The van der Waals surface area contributed by atoms with E-state index >= 15 is 0 Å². The van der Waals surface area contributed by atoms with Gasteiger partial charge in [0.1, 0.15) is 5.92 Å². The molecule has 2 heterocycles. The van der Waals surface area contributed by atoms with E-state index in [0.717, 1.165) is 22.5 Å². The lowest BCUT2D eigenvalue weighted by Gasteiger charge is -2.26. The molecule has 1 aromatic heterocycles. The fourth-order valence-electron chi connectivity index (χ4n) is 2.60. The molecular formula is C15H14N4O. The number of nitriles is 1. The maximum absolute atomic E-state index is 12.1. The quantitative estimate of drug-likeness (QED) is 0.830. The number of benzene rings is 1. The van der Waals surface area contributed by atoms with Crippen LogP contribution >= 0.6 is 0 Å². The number of aromatic amines is 1. The van der Waals surface area contributed by atoms with Gasteiger partial charge in [-0.3, -0.25) is 9.89 Å². The van der Waals surface area contributed by atoms with Crippen LogP contribution in [0.1, 0.15) is 28.4 Å². The molecule has 20 heavy (non-hydrogen) atoms. The van der Waals surface area contributed by atoms with Gasteiger partial charge in [-0.25, -0.2) is 0 Å². The van der Waals surface area contributed by atoms with Crippen molar-refractivity contribution in [1.29, 1.82) is 5.26 Å². The Kier molecular flexibility index (Phi) is 2.79. The molecule has 2 atom stereocenters. The Morgan fingerprint density at radius 1 is 1.25 bits per heavy atom. The highest BCUT2D eigenvalue weighted by atomic mass is 16.2. The molecule has 0 bridgehead atoms. The molecule has 3 rings (SSSR count). The standard InChI is InChI=1S/C15H14N4O/c1-8-3-5-10(6-4-8)12-11(7-16)15(20)17-13-9(2)18-19-14(12)13/h3-6,11-12H,1-2H3,(H,17,20)(H,18,19)/t11-,12+/m1/s1. The molecule has 2 N–H and O–H groups in total. The summed E-state index contributed by atoms with van der Waals surface area (Å²) in [6.07, 6.45) is 0. The van der Waals surface area contributed by atoms with E-state index in [0.29, 0.717) is 5.69 Å². The monoisotopic (exact) mass is 266 g/mol. The van der Waals surface area contributed by atoms with Crippen LogP contribution in [0.5, 0.6) is 0 Å². The van der Waals surface area contributed by atoms with Crippen LogP contribution in [0, 0.1) is 31.1 Å². The van der Waals surface area contributed by atoms with E-state index in [-0.39, 0.29) is 11.8 Å². The Labute approximate surface area is 116 Å². The summed E-state index contributed by atoms with van der Waals surface area (Å²) < 4.78 is 0. The van der Waals surface area contributed by atoms with Crippen LogP contribution in [-0.2, 0) is 4.79 Å². The van der Waals surface area contributed by atoms with E-state index in [4.69, 9.17) is 0 Å². The third-order valence-corrected chi connectivity index (χ3v) is 3.71. The van der Waals surface area contributed by atoms with Crippen molar-refractivity contribution in [3.8, 4) is 6.07 Å². The molecule has 1 aliphatic heterocycles. The summed E-state index contributed by atoms with van der Waals surface area (Å²) in [6, 6.07) is 9.97. The number of rotatable bonds is 1. The van der Waals surface area contributed by atoms with E-state index in [2.05, 4.69) is 21.6 Å². The van der Waals surface area contributed by atoms with Crippen molar-refractivity contribution in [3.63, 3.8) is 0 Å². The van der Waals surface area contributed by atoms with Gasteiger partial charge in [-0.15, -0.1) is 0 Å². The minimum Gasteiger partial charge on any atom is -0.322 e. The van der Waals surface area contributed by atoms with Crippen molar-refractivity contribution in [2.75, 3.05) is 5.32 Å². The van der Waals surface area contributed by atoms with Gasteiger partial charge in [0.2, 0.25) is 5.91 Å². The number of hydrogen-bond acceptors (Lipinski definition) is 3. The van der Waals surface area contributed by atoms with Crippen molar-refractivity contribution >= 4 is 11.6 Å². The van der Waals surface area contributed by atoms with E-state index in [1.54, 1.807) is 0 Å². The topological polar surface area (TPSA) is 81.6 Å². The van der Waals surface area contributed by atoms with Crippen molar-refractivity contribution in [3.05, 3.63) is 46.8 Å². The molecule has 100 valence electrons. The van der Waals surface area contributed by atoms with E-state index < -0.39 is 5.92 Å². The number of carbonyl (C=O) groups is 1. The summed E-state index contributed by atoms with van der Waals surface area (Å²) in [5.41, 5.74) is 4.32. The Morgan fingerprint density at radius 3 is 2.60 bits per heavy atom. The van der Waals surface area contributed by atoms with Gasteiger partial charge in [-0.2, -0.15) is 10.4 Å². The summed E-state index contributed by atoms with van der Waals surface area (Å²) in [7, 11) is 0. The summed E-state index contributed by atoms with van der Waals surface area (Å²) in [5, 5.41) is 19.3. The molecule has 5 heteroatoms. The first-order chi connectivity index (χ1) is 9.61. The van der Waals surface area contributed by atoms with Crippen LogP contribution in [-0.4, -0.2) is 16.1 Å². The molecule has 5 nitrogen and oxygen atoms in total. The molecular weight excluding hydrogens is 252 g/mol. The van der Waals surface area contributed by atoms with Gasteiger partial charge in [0.05, 0.1) is 29.1 Å². The second kappa shape index (κ2) is 4.49. The number of fused-ring (bicyclic) bond motifs is 1. The van der Waals surface area contributed by atoms with Crippen molar-refractivity contribution in [1.82, 2.24) is 10.2 Å². The van der Waals surface area contributed by atoms with Crippen LogP contribution in [0.4, 0.5) is 5.69 Å². The highest BCUT2D eigenvalue weighted by Crippen LogP contribution is 2.40. The van der Waals surface area contributed by atoms with Crippen molar-refractivity contribution in [2.45, 2.75) is 19.8 Å². The largest absolute Gasteiger partial charge is 0.322 e. The molecule has 0 spiro atoms. The summed E-state index contributed by atoms with van der Waals surface area (Å²) in [5.74, 6) is -1.35. The first-order valence-electron chi connectivity index (χ1n) is 6.43. The summed E-state index contributed by atoms with van der Waals surface area (Å²) >= 11 is 0. The fraction of sp³-hybridized carbons (Fsp3) is 0.267. The molecule has 1 aliphatic rings. The number of carbonyl (C=O) groups excluding carboxylic acids is 1. The Hall–Kier alpha value is -2.61. The highest BCUT2D eigenvalue weighted by Gasteiger charge is 2.39. The van der Waals surface area contributed by atoms with Gasteiger partial charge in [0, 0.05) is 0 Å². The highest BCUT2D eigenvalue weighted by molar-refractivity contribution is 5.99. The third kappa shape index (κ3) is 1.77. The van der Waals surface area contributed by atoms with Gasteiger partial charge in [-0.1, -0.05) is 29.8 Å². The normalized spacial score (nSPS) is 20.9. The Morgan fingerprint density at radius 2 is 1.95 bits per heavy atom. The Bertz CT molecular complexity index is 708. The number of hydrogen-bond donors (Lipinski definition) is 2. The average Bonchev–Trinajstić information content (AvgIpc) is 2.80.